The summed E-state index contributed by atoms with van der Waals surface area (Å²) in [6.07, 6.45) is -1.71. The van der Waals surface area contributed by atoms with Crippen molar-refractivity contribution in [3.8, 4) is 5.75 Å². The first-order chi connectivity index (χ1) is 8.58. The van der Waals surface area contributed by atoms with E-state index in [-0.39, 0.29) is 25.6 Å². The first kappa shape index (κ1) is 12.9. The molecule has 2 rings (SSSR count). The number of para-hydroxylation sites is 1. The smallest absolute Gasteiger partial charge is 0.260 e. The summed E-state index contributed by atoms with van der Waals surface area (Å²) >= 11 is 0. The molecule has 0 spiro atoms. The molecular weight excluding hydrogens is 234 g/mol. The molecule has 0 aliphatic carbocycles. The van der Waals surface area contributed by atoms with Crippen molar-refractivity contribution < 1.29 is 19.7 Å². The average Bonchev–Trinajstić information content (AvgIpc) is 2.68. The number of amides is 1. The minimum Gasteiger partial charge on any atom is -0.484 e. The van der Waals surface area contributed by atoms with E-state index in [9.17, 15) is 15.0 Å². The summed E-state index contributed by atoms with van der Waals surface area (Å²) in [5.41, 5.74) is 0.965. The van der Waals surface area contributed by atoms with Crippen LogP contribution in [0.25, 0.3) is 0 Å². The zero-order valence-corrected chi connectivity index (χ0v) is 10.2. The van der Waals surface area contributed by atoms with Crippen molar-refractivity contribution in [3.63, 3.8) is 0 Å². The van der Waals surface area contributed by atoms with Crippen molar-refractivity contribution in [2.75, 3.05) is 19.7 Å². The monoisotopic (exact) mass is 251 g/mol. The highest BCUT2D eigenvalue weighted by atomic mass is 16.5. The Kier molecular flexibility index (Phi) is 3.84. The van der Waals surface area contributed by atoms with Gasteiger partial charge in [0, 0.05) is 13.1 Å². The third-order valence-electron chi connectivity index (χ3n) is 3.06. The lowest BCUT2D eigenvalue weighted by atomic mass is 10.2. The standard InChI is InChI=1S/C13H17NO4/c1-9-4-2-3-5-12(9)18-8-13(17)14-6-10(15)11(16)7-14/h2-5,10-11,15-16H,6-8H2,1H3/t10-,11+. The van der Waals surface area contributed by atoms with Crippen LogP contribution in [0.3, 0.4) is 0 Å². The average molecular weight is 251 g/mol. The number of rotatable bonds is 3. The van der Waals surface area contributed by atoms with Gasteiger partial charge in [0.05, 0.1) is 12.2 Å². The summed E-state index contributed by atoms with van der Waals surface area (Å²) in [5.74, 6) is 0.444. The van der Waals surface area contributed by atoms with Crippen LogP contribution in [-0.4, -0.2) is 52.9 Å². The summed E-state index contributed by atoms with van der Waals surface area (Å²) in [6.45, 7) is 2.15. The van der Waals surface area contributed by atoms with Gasteiger partial charge in [-0.25, -0.2) is 0 Å². The lowest BCUT2D eigenvalue weighted by molar-refractivity contribution is -0.132. The molecule has 1 amide bonds. The number of aryl methyl sites for hydroxylation is 1. The number of carbonyl (C=O) groups excluding carboxylic acids is 1. The molecule has 0 bridgehead atoms. The van der Waals surface area contributed by atoms with E-state index in [2.05, 4.69) is 0 Å². The highest BCUT2D eigenvalue weighted by molar-refractivity contribution is 5.78. The van der Waals surface area contributed by atoms with Gasteiger partial charge >= 0.3 is 0 Å². The minimum atomic E-state index is -0.854. The molecule has 1 saturated heterocycles. The summed E-state index contributed by atoms with van der Waals surface area (Å²) in [6, 6.07) is 7.45. The molecule has 18 heavy (non-hydrogen) atoms. The van der Waals surface area contributed by atoms with Crippen LogP contribution in [0.15, 0.2) is 24.3 Å². The maximum atomic E-state index is 11.8. The van der Waals surface area contributed by atoms with Crippen LogP contribution in [0, 0.1) is 6.92 Å². The Labute approximate surface area is 106 Å². The van der Waals surface area contributed by atoms with Crippen LogP contribution in [0.1, 0.15) is 5.56 Å². The molecule has 1 aromatic rings. The molecule has 2 atom stereocenters. The van der Waals surface area contributed by atoms with E-state index >= 15 is 0 Å². The van der Waals surface area contributed by atoms with Gasteiger partial charge in [-0.1, -0.05) is 18.2 Å². The van der Waals surface area contributed by atoms with Gasteiger partial charge in [-0.15, -0.1) is 0 Å². The summed E-state index contributed by atoms with van der Waals surface area (Å²) in [4.78, 5) is 13.2. The maximum Gasteiger partial charge on any atom is 0.260 e. The lowest BCUT2D eigenvalue weighted by Gasteiger charge is -2.16. The van der Waals surface area contributed by atoms with E-state index in [0.717, 1.165) is 5.56 Å². The highest BCUT2D eigenvalue weighted by Gasteiger charge is 2.32. The van der Waals surface area contributed by atoms with Crippen LogP contribution in [-0.2, 0) is 4.79 Å². The molecule has 2 N–H and O–H groups in total. The predicted octanol–water partition coefficient (Wildman–Crippen LogP) is -0.0622. The topological polar surface area (TPSA) is 70.0 Å². The zero-order chi connectivity index (χ0) is 13.1. The summed E-state index contributed by atoms with van der Waals surface area (Å²) < 4.78 is 5.43. The van der Waals surface area contributed by atoms with Gasteiger partial charge < -0.3 is 19.8 Å². The van der Waals surface area contributed by atoms with Crippen LogP contribution >= 0.6 is 0 Å². The van der Waals surface area contributed by atoms with Gasteiger partial charge in [0.2, 0.25) is 0 Å². The minimum absolute atomic E-state index is 0.0791. The van der Waals surface area contributed by atoms with Gasteiger partial charge in [0.1, 0.15) is 5.75 Å². The number of hydrogen-bond donors (Lipinski definition) is 2. The Hall–Kier alpha value is -1.59. The van der Waals surface area contributed by atoms with Crippen LogP contribution in [0.4, 0.5) is 0 Å². The van der Waals surface area contributed by atoms with Gasteiger partial charge in [0.15, 0.2) is 6.61 Å². The van der Waals surface area contributed by atoms with Crippen molar-refractivity contribution in [2.24, 2.45) is 0 Å². The van der Waals surface area contributed by atoms with E-state index in [0.29, 0.717) is 5.75 Å². The second-order valence-corrected chi connectivity index (χ2v) is 4.49. The number of nitrogens with zero attached hydrogens (tertiary/aromatic N) is 1. The molecule has 1 aromatic carbocycles. The van der Waals surface area contributed by atoms with E-state index < -0.39 is 12.2 Å². The molecule has 1 aliphatic rings. The molecule has 1 aliphatic heterocycles. The molecule has 0 saturated carbocycles. The highest BCUT2D eigenvalue weighted by Crippen LogP contribution is 2.17. The first-order valence-electron chi connectivity index (χ1n) is 5.90. The molecule has 0 unspecified atom stereocenters. The van der Waals surface area contributed by atoms with Crippen molar-refractivity contribution in [1.82, 2.24) is 4.90 Å². The number of carbonyl (C=O) groups is 1. The van der Waals surface area contributed by atoms with E-state index in [1.165, 1.54) is 4.90 Å². The molecule has 5 heteroatoms. The Morgan fingerprint density at radius 3 is 2.56 bits per heavy atom. The maximum absolute atomic E-state index is 11.8. The Balaban J connectivity index is 1.88. The van der Waals surface area contributed by atoms with Gasteiger partial charge in [-0.3, -0.25) is 4.79 Å². The van der Waals surface area contributed by atoms with Gasteiger partial charge in [-0.2, -0.15) is 0 Å². The quantitative estimate of drug-likeness (QED) is 0.789. The zero-order valence-electron chi connectivity index (χ0n) is 10.2. The molecule has 1 fully saturated rings. The fourth-order valence-electron chi connectivity index (χ4n) is 1.92. The molecular formula is C13H17NO4. The molecule has 0 radical (unpaired) electrons. The number of aliphatic hydroxyl groups is 2. The fourth-order valence-corrected chi connectivity index (χ4v) is 1.92. The number of ether oxygens (including phenoxy) is 1. The van der Waals surface area contributed by atoms with E-state index in [1.54, 1.807) is 6.07 Å². The van der Waals surface area contributed by atoms with Crippen LogP contribution in [0.5, 0.6) is 5.75 Å². The van der Waals surface area contributed by atoms with Crippen molar-refractivity contribution in [1.29, 1.82) is 0 Å². The molecule has 98 valence electrons. The fraction of sp³-hybridized carbons (Fsp3) is 0.462. The number of β-amino-alcohol motifs (C(OH)–C–C–N with tert-alkyl or cyclic N) is 2. The van der Waals surface area contributed by atoms with Crippen molar-refractivity contribution in [2.45, 2.75) is 19.1 Å². The van der Waals surface area contributed by atoms with Crippen LogP contribution < -0.4 is 4.74 Å². The number of benzene rings is 1. The second-order valence-electron chi connectivity index (χ2n) is 4.49. The molecule has 1 heterocycles. The SMILES string of the molecule is Cc1ccccc1OCC(=O)N1C[C@@H](O)[C@@H](O)C1. The van der Waals surface area contributed by atoms with Crippen molar-refractivity contribution in [3.05, 3.63) is 29.8 Å². The van der Waals surface area contributed by atoms with Crippen LogP contribution in [0.2, 0.25) is 0 Å². The largest absolute Gasteiger partial charge is 0.484 e. The van der Waals surface area contributed by atoms with Gasteiger partial charge in [0.25, 0.3) is 5.91 Å². The summed E-state index contributed by atoms with van der Waals surface area (Å²) in [7, 11) is 0. The molecule has 5 nitrogen and oxygen atoms in total. The lowest BCUT2D eigenvalue weighted by Crippen LogP contribution is -2.34. The van der Waals surface area contributed by atoms with E-state index in [4.69, 9.17) is 4.74 Å². The first-order valence-corrected chi connectivity index (χ1v) is 5.90. The van der Waals surface area contributed by atoms with Crippen molar-refractivity contribution >= 4 is 5.91 Å². The second kappa shape index (κ2) is 5.37. The third kappa shape index (κ3) is 2.80. The number of aliphatic hydroxyl groups excluding tert-OH is 2. The van der Waals surface area contributed by atoms with Gasteiger partial charge in [-0.05, 0) is 18.6 Å². The number of likely N-dealkylation sites (tertiary alicyclic amines) is 1. The normalized spacial score (nSPS) is 23.2. The predicted molar refractivity (Wildman–Crippen MR) is 65.3 cm³/mol. The Morgan fingerprint density at radius 2 is 1.94 bits per heavy atom. The van der Waals surface area contributed by atoms with E-state index in [1.807, 2.05) is 25.1 Å². The summed E-state index contributed by atoms with van der Waals surface area (Å²) in [5, 5.41) is 18.7. The number of hydrogen-bond acceptors (Lipinski definition) is 4. The third-order valence-corrected chi connectivity index (χ3v) is 3.06. The molecule has 0 aromatic heterocycles. The Morgan fingerprint density at radius 1 is 1.33 bits per heavy atom. The Bertz CT molecular complexity index is 425.